The number of aromatic amines is 1. The molecule has 0 aromatic carbocycles. The third-order valence-electron chi connectivity index (χ3n) is 0.814. The molecule has 8 heavy (non-hydrogen) atoms. The Morgan fingerprint density at radius 3 is 2.88 bits per heavy atom. The molecular formula is C4H6N2OS. The lowest BCUT2D eigenvalue weighted by molar-refractivity contribution is 0.163. The molecule has 0 atom stereocenters. The predicted octanol–water partition coefficient (Wildman–Crippen LogP) is 0.604. The molecule has 0 unspecified atom stereocenters. The molecule has 1 aromatic heterocycles. The molecule has 0 saturated heterocycles. The summed E-state index contributed by atoms with van der Waals surface area (Å²) in [5.41, 5.74) is 0. The number of aromatic nitrogens is 2. The number of nitrogens with zero attached hydrogens (tertiary/aromatic N) is 1. The standard InChI is InChI=1S/C4H6N2OS/c1-7-6-3-2-5-4(6)8/h2-3H,1H3,(H,5,8). The minimum Gasteiger partial charge on any atom is -0.415 e. The Balaban J connectivity index is 3.11. The van der Waals surface area contributed by atoms with Crippen LogP contribution in [0.5, 0.6) is 0 Å². The van der Waals surface area contributed by atoms with Crippen molar-refractivity contribution in [1.29, 1.82) is 0 Å². The Kier molecular flexibility index (Phi) is 1.34. The maximum Gasteiger partial charge on any atom is 0.211 e. The van der Waals surface area contributed by atoms with Gasteiger partial charge in [-0.1, -0.05) is 0 Å². The van der Waals surface area contributed by atoms with Gasteiger partial charge in [0, 0.05) is 6.20 Å². The van der Waals surface area contributed by atoms with Crippen LogP contribution in [-0.2, 0) is 0 Å². The van der Waals surface area contributed by atoms with Crippen LogP contribution in [0.3, 0.4) is 0 Å². The Bertz CT molecular complexity index is 214. The molecule has 1 aromatic rings. The maximum atomic E-state index is 4.77. The van der Waals surface area contributed by atoms with Gasteiger partial charge in [-0.15, -0.1) is 0 Å². The fourth-order valence-electron chi connectivity index (χ4n) is 0.451. The van der Waals surface area contributed by atoms with Crippen LogP contribution in [0, 0.1) is 4.77 Å². The summed E-state index contributed by atoms with van der Waals surface area (Å²) in [6, 6.07) is 0. The molecule has 0 radical (unpaired) electrons. The van der Waals surface area contributed by atoms with E-state index in [0.29, 0.717) is 4.77 Å². The van der Waals surface area contributed by atoms with Gasteiger partial charge in [0.05, 0.1) is 6.20 Å². The van der Waals surface area contributed by atoms with Crippen LogP contribution in [0.1, 0.15) is 0 Å². The third-order valence-corrected chi connectivity index (χ3v) is 1.11. The normalized spacial score (nSPS) is 9.12. The number of nitrogens with one attached hydrogen (secondary N) is 1. The predicted molar refractivity (Wildman–Crippen MR) is 32.1 cm³/mol. The van der Waals surface area contributed by atoms with Gasteiger partial charge in [0.2, 0.25) is 4.77 Å². The SMILES string of the molecule is COn1cc[nH]c1=S. The molecule has 1 N–H and O–H groups in total. The van der Waals surface area contributed by atoms with Crippen molar-refractivity contribution in [1.82, 2.24) is 9.71 Å². The molecular weight excluding hydrogens is 124 g/mol. The van der Waals surface area contributed by atoms with Crippen molar-refractivity contribution < 1.29 is 4.84 Å². The van der Waals surface area contributed by atoms with Crippen LogP contribution in [0.15, 0.2) is 12.4 Å². The van der Waals surface area contributed by atoms with Crippen LogP contribution >= 0.6 is 12.2 Å². The first kappa shape index (κ1) is 5.37. The first-order chi connectivity index (χ1) is 3.84. The van der Waals surface area contributed by atoms with E-state index in [1.54, 1.807) is 19.5 Å². The lowest BCUT2D eigenvalue weighted by Crippen LogP contribution is -2.02. The topological polar surface area (TPSA) is 29.9 Å². The van der Waals surface area contributed by atoms with Crippen molar-refractivity contribution in [2.24, 2.45) is 0 Å². The number of rotatable bonds is 1. The number of hydrogen-bond donors (Lipinski definition) is 1. The van der Waals surface area contributed by atoms with Gasteiger partial charge in [-0.2, -0.15) is 4.73 Å². The summed E-state index contributed by atoms with van der Waals surface area (Å²) in [7, 11) is 1.56. The highest BCUT2D eigenvalue weighted by molar-refractivity contribution is 7.71. The summed E-state index contributed by atoms with van der Waals surface area (Å²) in [5, 5.41) is 0. The van der Waals surface area contributed by atoms with E-state index in [9.17, 15) is 0 Å². The Hall–Kier alpha value is -0.770. The lowest BCUT2D eigenvalue weighted by Gasteiger charge is -1.93. The second kappa shape index (κ2) is 2.00. The second-order valence-corrected chi connectivity index (χ2v) is 1.66. The Morgan fingerprint density at radius 2 is 2.62 bits per heavy atom. The van der Waals surface area contributed by atoms with Crippen molar-refractivity contribution >= 4 is 12.2 Å². The van der Waals surface area contributed by atoms with Gasteiger partial charge in [0.25, 0.3) is 0 Å². The smallest absolute Gasteiger partial charge is 0.211 e. The number of hydrogen-bond acceptors (Lipinski definition) is 2. The van der Waals surface area contributed by atoms with Crippen LogP contribution in [0.2, 0.25) is 0 Å². The van der Waals surface area contributed by atoms with E-state index in [4.69, 9.17) is 17.1 Å². The van der Waals surface area contributed by atoms with Crippen molar-refractivity contribution in [3.63, 3.8) is 0 Å². The fourth-order valence-corrected chi connectivity index (χ4v) is 0.655. The van der Waals surface area contributed by atoms with E-state index in [0.717, 1.165) is 0 Å². The summed E-state index contributed by atoms with van der Waals surface area (Å²) in [6.07, 6.45) is 3.42. The molecule has 0 bridgehead atoms. The molecule has 44 valence electrons. The van der Waals surface area contributed by atoms with Gasteiger partial charge in [0.1, 0.15) is 7.11 Å². The lowest BCUT2D eigenvalue weighted by atomic mass is 11.0. The first-order valence-electron chi connectivity index (χ1n) is 2.15. The molecule has 0 amide bonds. The fraction of sp³-hybridized carbons (Fsp3) is 0.250. The van der Waals surface area contributed by atoms with E-state index < -0.39 is 0 Å². The van der Waals surface area contributed by atoms with Crippen LogP contribution in [0.4, 0.5) is 0 Å². The molecule has 0 saturated carbocycles. The molecule has 0 fully saturated rings. The van der Waals surface area contributed by atoms with Crippen molar-refractivity contribution in [2.75, 3.05) is 7.11 Å². The average Bonchev–Trinajstić information content (AvgIpc) is 2.14. The molecule has 3 nitrogen and oxygen atoms in total. The zero-order chi connectivity index (χ0) is 5.98. The Labute approximate surface area is 51.9 Å². The number of H-pyrrole nitrogens is 1. The second-order valence-electron chi connectivity index (χ2n) is 1.27. The van der Waals surface area contributed by atoms with Crippen LogP contribution < -0.4 is 4.84 Å². The Morgan fingerprint density at radius 1 is 1.88 bits per heavy atom. The van der Waals surface area contributed by atoms with Gasteiger partial charge < -0.3 is 9.82 Å². The van der Waals surface area contributed by atoms with Crippen molar-refractivity contribution in [2.45, 2.75) is 0 Å². The molecule has 0 aliphatic carbocycles. The van der Waals surface area contributed by atoms with Gasteiger partial charge in [-0.05, 0) is 12.2 Å². The van der Waals surface area contributed by atoms with Crippen molar-refractivity contribution in [3.8, 4) is 0 Å². The molecule has 0 aliphatic heterocycles. The van der Waals surface area contributed by atoms with Crippen LogP contribution in [-0.4, -0.2) is 16.8 Å². The zero-order valence-corrected chi connectivity index (χ0v) is 5.23. The van der Waals surface area contributed by atoms with Crippen LogP contribution in [0.25, 0.3) is 0 Å². The monoisotopic (exact) mass is 130 g/mol. The van der Waals surface area contributed by atoms with E-state index in [2.05, 4.69) is 4.98 Å². The van der Waals surface area contributed by atoms with Gasteiger partial charge in [-0.25, -0.2) is 0 Å². The first-order valence-corrected chi connectivity index (χ1v) is 2.56. The van der Waals surface area contributed by atoms with Crippen molar-refractivity contribution in [3.05, 3.63) is 17.2 Å². The number of imidazole rings is 1. The summed E-state index contributed by atoms with van der Waals surface area (Å²) in [5.74, 6) is 0. The zero-order valence-electron chi connectivity index (χ0n) is 4.42. The highest BCUT2D eigenvalue weighted by Crippen LogP contribution is 1.82. The van der Waals surface area contributed by atoms with Gasteiger partial charge in [-0.3, -0.25) is 0 Å². The van der Waals surface area contributed by atoms with Gasteiger partial charge in [0.15, 0.2) is 0 Å². The van der Waals surface area contributed by atoms with E-state index >= 15 is 0 Å². The molecule has 0 aliphatic rings. The van der Waals surface area contributed by atoms with Gasteiger partial charge >= 0.3 is 0 Å². The summed E-state index contributed by atoms with van der Waals surface area (Å²) < 4.78 is 2.04. The quantitative estimate of drug-likeness (QED) is 0.564. The molecule has 1 rings (SSSR count). The highest BCUT2D eigenvalue weighted by atomic mass is 32.1. The summed E-state index contributed by atoms with van der Waals surface area (Å²) >= 11 is 4.77. The molecule has 0 spiro atoms. The largest absolute Gasteiger partial charge is 0.415 e. The minimum atomic E-state index is 0.576. The molecule has 4 heteroatoms. The summed E-state index contributed by atoms with van der Waals surface area (Å²) in [4.78, 5) is 7.54. The average molecular weight is 130 g/mol. The molecule has 1 heterocycles. The maximum absolute atomic E-state index is 4.77. The minimum absolute atomic E-state index is 0.576. The highest BCUT2D eigenvalue weighted by Gasteiger charge is 1.83. The summed E-state index contributed by atoms with van der Waals surface area (Å²) in [6.45, 7) is 0. The third kappa shape index (κ3) is 0.742. The van der Waals surface area contributed by atoms with E-state index in [-0.39, 0.29) is 0 Å². The van der Waals surface area contributed by atoms with E-state index in [1.807, 2.05) is 0 Å². The van der Waals surface area contributed by atoms with E-state index in [1.165, 1.54) is 4.73 Å².